The monoisotopic (exact) mass is 442 g/mol. The molecule has 0 radical (unpaired) electrons. The number of pyridine rings is 1. The number of nitrogens with zero attached hydrogens (tertiary/aromatic N) is 2. The van der Waals surface area contributed by atoms with Gasteiger partial charge in [-0.15, -0.1) is 24.0 Å². The Hall–Kier alpha value is -1.87. The highest BCUT2D eigenvalue weighted by Crippen LogP contribution is 2.15. The van der Waals surface area contributed by atoms with E-state index in [-0.39, 0.29) is 24.0 Å². The van der Waals surface area contributed by atoms with E-state index in [1.165, 1.54) is 5.56 Å². The number of halogens is 1. The third-order valence-electron chi connectivity index (χ3n) is 3.12. The standard InChI is InChI=1S/C17H22N4O2.HI/c1-13-5-7-15(8-6-13)21-17(18)20-12-14-4-3-9-19-16(14)23-11-10-22-2;/h3-9H,10-12H2,1-2H3,(H3,18,20,21);1H. The summed E-state index contributed by atoms with van der Waals surface area (Å²) in [6, 6.07) is 11.7. The second-order valence-electron chi connectivity index (χ2n) is 5.00. The van der Waals surface area contributed by atoms with Gasteiger partial charge in [0.15, 0.2) is 5.96 Å². The van der Waals surface area contributed by atoms with Crippen LogP contribution in [0.4, 0.5) is 5.69 Å². The Kier molecular flexibility index (Phi) is 9.10. The van der Waals surface area contributed by atoms with Crippen molar-refractivity contribution in [2.45, 2.75) is 13.5 Å². The molecular formula is C17H23IN4O2. The molecule has 0 bridgehead atoms. The van der Waals surface area contributed by atoms with Crippen LogP contribution >= 0.6 is 24.0 Å². The normalized spacial score (nSPS) is 10.8. The molecule has 2 aromatic rings. The second-order valence-corrected chi connectivity index (χ2v) is 5.00. The van der Waals surface area contributed by atoms with Crippen LogP contribution < -0.4 is 15.8 Å². The number of guanidine groups is 1. The summed E-state index contributed by atoms with van der Waals surface area (Å²) in [6.45, 7) is 3.38. The minimum absolute atomic E-state index is 0. The Bertz CT molecular complexity index is 647. The topological polar surface area (TPSA) is 81.8 Å². The number of aromatic nitrogens is 1. The Balaban J connectivity index is 0.00000288. The predicted molar refractivity (Wildman–Crippen MR) is 107 cm³/mol. The number of anilines is 1. The van der Waals surface area contributed by atoms with E-state index >= 15 is 0 Å². The largest absolute Gasteiger partial charge is 0.475 e. The third-order valence-corrected chi connectivity index (χ3v) is 3.12. The maximum Gasteiger partial charge on any atom is 0.218 e. The Labute approximate surface area is 159 Å². The van der Waals surface area contributed by atoms with Gasteiger partial charge in [0.2, 0.25) is 5.88 Å². The molecule has 0 aliphatic carbocycles. The highest BCUT2D eigenvalue weighted by atomic mass is 127. The minimum atomic E-state index is 0. The second kappa shape index (κ2) is 10.8. The number of hydrogen-bond acceptors (Lipinski definition) is 4. The quantitative estimate of drug-likeness (QED) is 0.298. The number of benzene rings is 1. The summed E-state index contributed by atoms with van der Waals surface area (Å²) >= 11 is 0. The number of hydrogen-bond donors (Lipinski definition) is 2. The molecule has 6 nitrogen and oxygen atoms in total. The van der Waals surface area contributed by atoms with Crippen molar-refractivity contribution >= 4 is 35.6 Å². The van der Waals surface area contributed by atoms with E-state index < -0.39 is 0 Å². The van der Waals surface area contributed by atoms with Crippen molar-refractivity contribution in [1.29, 1.82) is 0 Å². The van der Waals surface area contributed by atoms with Gasteiger partial charge in [0.1, 0.15) is 6.61 Å². The molecule has 3 N–H and O–H groups in total. The van der Waals surface area contributed by atoms with Gasteiger partial charge in [0.25, 0.3) is 0 Å². The van der Waals surface area contributed by atoms with Gasteiger partial charge in [-0.25, -0.2) is 9.98 Å². The van der Waals surface area contributed by atoms with Gasteiger partial charge in [-0.05, 0) is 25.1 Å². The van der Waals surface area contributed by atoms with Crippen LogP contribution in [0.5, 0.6) is 5.88 Å². The number of methoxy groups -OCH3 is 1. The van der Waals surface area contributed by atoms with Gasteiger partial charge in [-0.1, -0.05) is 23.8 Å². The summed E-state index contributed by atoms with van der Waals surface area (Å²) in [4.78, 5) is 8.55. The molecule has 0 unspecified atom stereocenters. The third kappa shape index (κ3) is 6.71. The van der Waals surface area contributed by atoms with Crippen molar-refractivity contribution in [2.24, 2.45) is 10.7 Å². The lowest BCUT2D eigenvalue weighted by atomic mass is 10.2. The summed E-state index contributed by atoms with van der Waals surface area (Å²) in [5.74, 6) is 0.900. The fourth-order valence-electron chi connectivity index (χ4n) is 1.89. The van der Waals surface area contributed by atoms with Crippen LogP contribution in [0.1, 0.15) is 11.1 Å². The first-order valence-electron chi connectivity index (χ1n) is 7.38. The lowest BCUT2D eigenvalue weighted by molar-refractivity contribution is 0.143. The van der Waals surface area contributed by atoms with Crippen molar-refractivity contribution in [1.82, 2.24) is 4.98 Å². The van der Waals surface area contributed by atoms with Crippen molar-refractivity contribution in [3.8, 4) is 5.88 Å². The number of aryl methyl sites for hydroxylation is 1. The average molecular weight is 442 g/mol. The van der Waals surface area contributed by atoms with Crippen LogP contribution in [-0.4, -0.2) is 31.3 Å². The molecule has 7 heteroatoms. The number of aliphatic imine (C=N–C) groups is 1. The number of rotatable bonds is 7. The van der Waals surface area contributed by atoms with Crippen LogP contribution in [-0.2, 0) is 11.3 Å². The summed E-state index contributed by atoms with van der Waals surface area (Å²) < 4.78 is 10.5. The SMILES string of the molecule is COCCOc1ncccc1CN=C(N)Nc1ccc(C)cc1.I. The van der Waals surface area contributed by atoms with E-state index in [4.69, 9.17) is 15.2 Å². The predicted octanol–water partition coefficient (Wildman–Crippen LogP) is 2.96. The molecule has 0 spiro atoms. The van der Waals surface area contributed by atoms with Crippen LogP contribution in [0.3, 0.4) is 0 Å². The average Bonchev–Trinajstić information content (AvgIpc) is 2.56. The number of nitrogens with one attached hydrogen (secondary N) is 1. The van der Waals surface area contributed by atoms with Crippen LogP contribution in [0, 0.1) is 6.92 Å². The summed E-state index contributed by atoms with van der Waals surface area (Å²) in [7, 11) is 1.63. The highest BCUT2D eigenvalue weighted by molar-refractivity contribution is 14.0. The first kappa shape index (κ1) is 20.2. The van der Waals surface area contributed by atoms with Gasteiger partial charge in [-0.3, -0.25) is 0 Å². The van der Waals surface area contributed by atoms with Crippen molar-refractivity contribution in [3.05, 3.63) is 53.7 Å². The molecule has 0 aliphatic heterocycles. The van der Waals surface area contributed by atoms with E-state index in [9.17, 15) is 0 Å². The van der Waals surface area contributed by atoms with E-state index in [0.717, 1.165) is 11.3 Å². The van der Waals surface area contributed by atoms with Crippen molar-refractivity contribution in [3.63, 3.8) is 0 Å². The molecule has 24 heavy (non-hydrogen) atoms. The molecule has 0 saturated carbocycles. The zero-order valence-corrected chi connectivity index (χ0v) is 16.2. The highest BCUT2D eigenvalue weighted by Gasteiger charge is 2.04. The Morgan fingerprint density at radius 2 is 1.96 bits per heavy atom. The van der Waals surface area contributed by atoms with E-state index in [1.807, 2.05) is 43.3 Å². The van der Waals surface area contributed by atoms with Gasteiger partial charge in [0, 0.05) is 24.6 Å². The molecule has 0 atom stereocenters. The summed E-state index contributed by atoms with van der Waals surface area (Å²) in [5.41, 5.74) is 8.89. The summed E-state index contributed by atoms with van der Waals surface area (Å²) in [6.07, 6.45) is 1.68. The molecule has 2 rings (SSSR count). The Morgan fingerprint density at radius 1 is 1.21 bits per heavy atom. The van der Waals surface area contributed by atoms with Crippen LogP contribution in [0.2, 0.25) is 0 Å². The lowest BCUT2D eigenvalue weighted by Gasteiger charge is -2.09. The molecule has 0 amide bonds. The first-order valence-corrected chi connectivity index (χ1v) is 7.38. The van der Waals surface area contributed by atoms with Gasteiger partial charge < -0.3 is 20.5 Å². The minimum Gasteiger partial charge on any atom is -0.475 e. The molecule has 130 valence electrons. The number of ether oxygens (including phenoxy) is 2. The van der Waals surface area contributed by atoms with E-state index in [0.29, 0.717) is 31.6 Å². The Morgan fingerprint density at radius 3 is 2.67 bits per heavy atom. The van der Waals surface area contributed by atoms with Gasteiger partial charge in [-0.2, -0.15) is 0 Å². The van der Waals surface area contributed by atoms with Crippen LogP contribution in [0.25, 0.3) is 0 Å². The molecule has 1 heterocycles. The van der Waals surface area contributed by atoms with Crippen molar-refractivity contribution in [2.75, 3.05) is 25.6 Å². The smallest absolute Gasteiger partial charge is 0.218 e. The maximum absolute atomic E-state index is 5.92. The van der Waals surface area contributed by atoms with E-state index in [1.54, 1.807) is 13.3 Å². The molecular weight excluding hydrogens is 419 g/mol. The summed E-state index contributed by atoms with van der Waals surface area (Å²) in [5, 5.41) is 3.06. The van der Waals surface area contributed by atoms with E-state index in [2.05, 4.69) is 15.3 Å². The fraction of sp³-hybridized carbons (Fsp3) is 0.294. The molecule has 1 aromatic carbocycles. The zero-order chi connectivity index (χ0) is 16.5. The zero-order valence-electron chi connectivity index (χ0n) is 13.9. The molecule has 1 aromatic heterocycles. The van der Waals surface area contributed by atoms with Gasteiger partial charge >= 0.3 is 0 Å². The van der Waals surface area contributed by atoms with Crippen LogP contribution in [0.15, 0.2) is 47.6 Å². The molecule has 0 saturated heterocycles. The molecule has 0 fully saturated rings. The fourth-order valence-corrected chi connectivity index (χ4v) is 1.89. The maximum atomic E-state index is 5.92. The number of nitrogens with two attached hydrogens (primary N) is 1. The van der Waals surface area contributed by atoms with Gasteiger partial charge in [0.05, 0.1) is 13.2 Å². The first-order chi connectivity index (χ1) is 11.2. The van der Waals surface area contributed by atoms with Crippen molar-refractivity contribution < 1.29 is 9.47 Å². The molecule has 0 aliphatic rings. The lowest BCUT2D eigenvalue weighted by Crippen LogP contribution is -2.22.